The van der Waals surface area contributed by atoms with E-state index < -0.39 is 0 Å². The van der Waals surface area contributed by atoms with Crippen LogP contribution in [0.25, 0.3) is 0 Å². The highest BCUT2D eigenvalue weighted by Crippen LogP contribution is 2.45. The first-order valence-corrected chi connectivity index (χ1v) is 5.69. The van der Waals surface area contributed by atoms with Gasteiger partial charge in [0.2, 0.25) is 0 Å². The van der Waals surface area contributed by atoms with E-state index in [1.165, 1.54) is 25.7 Å². The molecule has 0 heterocycles. The Kier molecular flexibility index (Phi) is 3.61. The summed E-state index contributed by atoms with van der Waals surface area (Å²) in [5.74, 6) is 4.09. The standard InChI is InChI=1S/C12H24/c1-5-9(3)7-12-10(4)8-11(12)6-2/h9-12H,5-8H2,1-4H3. The highest BCUT2D eigenvalue weighted by atomic mass is 14.4. The van der Waals surface area contributed by atoms with Gasteiger partial charge < -0.3 is 0 Å². The van der Waals surface area contributed by atoms with Crippen LogP contribution in [0.4, 0.5) is 0 Å². The van der Waals surface area contributed by atoms with E-state index >= 15 is 0 Å². The van der Waals surface area contributed by atoms with E-state index in [4.69, 9.17) is 0 Å². The van der Waals surface area contributed by atoms with Crippen molar-refractivity contribution in [2.45, 2.75) is 53.4 Å². The van der Waals surface area contributed by atoms with Crippen molar-refractivity contribution >= 4 is 0 Å². The molecular formula is C12H24. The zero-order valence-electron chi connectivity index (χ0n) is 9.14. The fourth-order valence-corrected chi connectivity index (χ4v) is 2.62. The Morgan fingerprint density at radius 1 is 1.33 bits per heavy atom. The van der Waals surface area contributed by atoms with Crippen LogP contribution in [0.5, 0.6) is 0 Å². The number of rotatable bonds is 4. The van der Waals surface area contributed by atoms with Gasteiger partial charge in [-0.3, -0.25) is 0 Å². The second-order valence-corrected chi connectivity index (χ2v) is 4.79. The summed E-state index contributed by atoms with van der Waals surface area (Å²) >= 11 is 0. The third kappa shape index (κ3) is 2.02. The van der Waals surface area contributed by atoms with Crippen molar-refractivity contribution in [3.8, 4) is 0 Å². The Hall–Kier alpha value is 0. The molecule has 1 aliphatic carbocycles. The highest BCUT2D eigenvalue weighted by molar-refractivity contribution is 4.86. The van der Waals surface area contributed by atoms with Gasteiger partial charge in [-0.2, -0.15) is 0 Å². The van der Waals surface area contributed by atoms with Crippen LogP contribution < -0.4 is 0 Å². The highest BCUT2D eigenvalue weighted by Gasteiger charge is 2.36. The molecule has 0 amide bonds. The fraction of sp³-hybridized carbons (Fsp3) is 1.00. The van der Waals surface area contributed by atoms with E-state index in [2.05, 4.69) is 27.7 Å². The van der Waals surface area contributed by atoms with E-state index in [9.17, 15) is 0 Å². The molecule has 0 saturated heterocycles. The van der Waals surface area contributed by atoms with Crippen molar-refractivity contribution in [1.29, 1.82) is 0 Å². The lowest BCUT2D eigenvalue weighted by molar-refractivity contribution is 0.0596. The second-order valence-electron chi connectivity index (χ2n) is 4.79. The Bertz CT molecular complexity index is 128. The molecule has 0 aromatic heterocycles. The largest absolute Gasteiger partial charge is 0.0651 e. The smallest absolute Gasteiger partial charge is 0.0357 e. The van der Waals surface area contributed by atoms with E-state index in [0.717, 1.165) is 23.7 Å². The van der Waals surface area contributed by atoms with Crippen LogP contribution in [-0.2, 0) is 0 Å². The van der Waals surface area contributed by atoms with Crippen LogP contribution in [0, 0.1) is 23.7 Å². The molecule has 0 heteroatoms. The Balaban J connectivity index is 2.29. The van der Waals surface area contributed by atoms with E-state index in [1.807, 2.05) is 0 Å². The fourth-order valence-electron chi connectivity index (χ4n) is 2.62. The number of hydrogen-bond donors (Lipinski definition) is 0. The Labute approximate surface area is 77.7 Å². The quantitative estimate of drug-likeness (QED) is 0.592. The summed E-state index contributed by atoms with van der Waals surface area (Å²) < 4.78 is 0. The van der Waals surface area contributed by atoms with E-state index in [-0.39, 0.29) is 0 Å². The van der Waals surface area contributed by atoms with Gasteiger partial charge in [-0.15, -0.1) is 0 Å². The molecule has 0 N–H and O–H groups in total. The molecular weight excluding hydrogens is 144 g/mol. The monoisotopic (exact) mass is 168 g/mol. The molecule has 0 aromatic rings. The summed E-state index contributed by atoms with van der Waals surface area (Å²) in [6.45, 7) is 9.49. The normalized spacial score (nSPS) is 37.5. The lowest BCUT2D eigenvalue weighted by Gasteiger charge is -2.44. The average Bonchev–Trinajstić information content (AvgIpc) is 2.09. The zero-order valence-corrected chi connectivity index (χ0v) is 9.14. The topological polar surface area (TPSA) is 0 Å². The van der Waals surface area contributed by atoms with Crippen LogP contribution in [0.3, 0.4) is 0 Å². The van der Waals surface area contributed by atoms with Crippen molar-refractivity contribution in [3.05, 3.63) is 0 Å². The molecule has 1 aliphatic rings. The first-order chi connectivity index (χ1) is 5.69. The molecule has 1 rings (SSSR count). The molecule has 72 valence electrons. The minimum Gasteiger partial charge on any atom is -0.0651 e. The van der Waals surface area contributed by atoms with Crippen LogP contribution in [-0.4, -0.2) is 0 Å². The van der Waals surface area contributed by atoms with Gasteiger partial charge in [0, 0.05) is 0 Å². The van der Waals surface area contributed by atoms with Crippen LogP contribution in [0.2, 0.25) is 0 Å². The predicted octanol–water partition coefficient (Wildman–Crippen LogP) is 4.10. The summed E-state index contributed by atoms with van der Waals surface area (Å²) in [6.07, 6.45) is 5.75. The average molecular weight is 168 g/mol. The summed E-state index contributed by atoms with van der Waals surface area (Å²) in [5, 5.41) is 0. The molecule has 0 spiro atoms. The maximum Gasteiger partial charge on any atom is -0.0357 e. The van der Waals surface area contributed by atoms with Crippen molar-refractivity contribution in [2.75, 3.05) is 0 Å². The molecule has 1 fully saturated rings. The SMILES string of the molecule is CCC(C)CC1C(C)CC1CC. The van der Waals surface area contributed by atoms with Gasteiger partial charge in [-0.25, -0.2) is 0 Å². The lowest BCUT2D eigenvalue weighted by atomic mass is 9.61. The molecule has 12 heavy (non-hydrogen) atoms. The van der Waals surface area contributed by atoms with Gasteiger partial charge >= 0.3 is 0 Å². The molecule has 0 aliphatic heterocycles. The van der Waals surface area contributed by atoms with Gasteiger partial charge in [0.25, 0.3) is 0 Å². The third-order valence-corrected chi connectivity index (χ3v) is 3.91. The van der Waals surface area contributed by atoms with Gasteiger partial charge in [0.15, 0.2) is 0 Å². The molecule has 0 bridgehead atoms. The maximum atomic E-state index is 2.43. The molecule has 4 unspecified atom stereocenters. The predicted molar refractivity (Wildman–Crippen MR) is 55.1 cm³/mol. The van der Waals surface area contributed by atoms with Gasteiger partial charge in [-0.05, 0) is 36.5 Å². The second kappa shape index (κ2) is 4.30. The first-order valence-electron chi connectivity index (χ1n) is 5.69. The van der Waals surface area contributed by atoms with Gasteiger partial charge in [-0.1, -0.05) is 40.5 Å². The third-order valence-electron chi connectivity index (χ3n) is 3.91. The zero-order chi connectivity index (χ0) is 9.14. The summed E-state index contributed by atoms with van der Waals surface area (Å²) in [4.78, 5) is 0. The van der Waals surface area contributed by atoms with Crippen LogP contribution >= 0.6 is 0 Å². The summed E-state index contributed by atoms with van der Waals surface area (Å²) in [6, 6.07) is 0. The summed E-state index contributed by atoms with van der Waals surface area (Å²) in [5.41, 5.74) is 0. The van der Waals surface area contributed by atoms with Crippen LogP contribution in [0.1, 0.15) is 53.4 Å². The van der Waals surface area contributed by atoms with Gasteiger partial charge in [0.1, 0.15) is 0 Å². The molecule has 1 saturated carbocycles. The Morgan fingerprint density at radius 3 is 2.42 bits per heavy atom. The molecule has 0 nitrogen and oxygen atoms in total. The van der Waals surface area contributed by atoms with E-state index in [1.54, 1.807) is 0 Å². The molecule has 0 radical (unpaired) electrons. The van der Waals surface area contributed by atoms with E-state index in [0.29, 0.717) is 0 Å². The Morgan fingerprint density at radius 2 is 2.00 bits per heavy atom. The minimum atomic E-state index is 0.951. The van der Waals surface area contributed by atoms with Crippen molar-refractivity contribution in [2.24, 2.45) is 23.7 Å². The molecule has 0 aromatic carbocycles. The first kappa shape index (κ1) is 10.1. The van der Waals surface area contributed by atoms with Crippen molar-refractivity contribution in [1.82, 2.24) is 0 Å². The van der Waals surface area contributed by atoms with Crippen molar-refractivity contribution < 1.29 is 0 Å². The van der Waals surface area contributed by atoms with Crippen LogP contribution in [0.15, 0.2) is 0 Å². The summed E-state index contributed by atoms with van der Waals surface area (Å²) in [7, 11) is 0. The maximum absolute atomic E-state index is 2.43. The minimum absolute atomic E-state index is 0.951. The number of hydrogen-bond acceptors (Lipinski definition) is 0. The lowest BCUT2D eigenvalue weighted by Crippen LogP contribution is -2.35. The van der Waals surface area contributed by atoms with Gasteiger partial charge in [0.05, 0.1) is 0 Å². The van der Waals surface area contributed by atoms with Crippen molar-refractivity contribution in [3.63, 3.8) is 0 Å². The molecule has 4 atom stereocenters.